The van der Waals surface area contributed by atoms with Gasteiger partial charge >= 0.3 is 0 Å². The molecule has 1 N–H and O–H groups in total. The number of aliphatic hydroxyl groups excluding tert-OH is 1. The van der Waals surface area contributed by atoms with Gasteiger partial charge in [-0.25, -0.2) is 0 Å². The third kappa shape index (κ3) is 3.11. The lowest BCUT2D eigenvalue weighted by Crippen LogP contribution is -2.53. The van der Waals surface area contributed by atoms with Gasteiger partial charge in [0.25, 0.3) is 0 Å². The van der Waals surface area contributed by atoms with Crippen molar-refractivity contribution in [2.45, 2.75) is 91.0 Å². The second-order valence-corrected chi connectivity index (χ2v) is 10.6. The number of Topliss-reactive ketones (excluding diaryl/α,β-unsaturated/α-hetero) is 1. The zero-order chi connectivity index (χ0) is 19.4. The minimum Gasteiger partial charge on any atom is -0.393 e. The quantitative estimate of drug-likeness (QED) is 0.791. The Morgan fingerprint density at radius 2 is 1.74 bits per heavy atom. The summed E-state index contributed by atoms with van der Waals surface area (Å²) in [7, 11) is 0. The highest BCUT2D eigenvalue weighted by molar-refractivity contribution is 5.85. The number of ether oxygens (including phenoxy) is 2. The first kappa shape index (κ1) is 19.8. The van der Waals surface area contributed by atoms with E-state index in [-0.39, 0.29) is 16.9 Å². The molecule has 0 aromatic carbocycles. The number of ketones is 1. The van der Waals surface area contributed by atoms with E-state index in [1.165, 1.54) is 6.42 Å². The molecule has 7 atom stereocenters. The minimum absolute atomic E-state index is 0.218. The molecule has 154 valence electrons. The van der Waals surface area contributed by atoms with Gasteiger partial charge in [0.15, 0.2) is 5.79 Å². The van der Waals surface area contributed by atoms with Crippen LogP contribution in [0.2, 0.25) is 0 Å². The van der Waals surface area contributed by atoms with Gasteiger partial charge in [-0.05, 0) is 81.5 Å². The van der Waals surface area contributed by atoms with E-state index in [1.807, 2.05) is 13.8 Å². The molecule has 4 heteroatoms. The first-order valence-corrected chi connectivity index (χ1v) is 11.2. The van der Waals surface area contributed by atoms with E-state index in [9.17, 15) is 9.90 Å². The van der Waals surface area contributed by atoms with Gasteiger partial charge in [0, 0.05) is 18.3 Å². The van der Waals surface area contributed by atoms with Crippen LogP contribution in [0.4, 0.5) is 0 Å². The van der Waals surface area contributed by atoms with E-state index >= 15 is 0 Å². The lowest BCUT2D eigenvalue weighted by Gasteiger charge is -2.56. The zero-order valence-electron chi connectivity index (χ0n) is 17.6. The van der Waals surface area contributed by atoms with Crippen LogP contribution in [-0.4, -0.2) is 36.0 Å². The molecule has 4 rings (SSSR count). The van der Waals surface area contributed by atoms with E-state index in [2.05, 4.69) is 13.8 Å². The average Bonchev–Trinajstić information content (AvgIpc) is 3.20. The number of fused-ring (bicyclic) bond motifs is 3. The molecule has 0 bridgehead atoms. The first-order chi connectivity index (χ1) is 12.7. The predicted octanol–water partition coefficient (Wildman–Crippen LogP) is 4.34. The van der Waals surface area contributed by atoms with Crippen molar-refractivity contribution in [1.29, 1.82) is 0 Å². The molecule has 4 fully saturated rings. The van der Waals surface area contributed by atoms with E-state index in [0.29, 0.717) is 42.7 Å². The maximum atomic E-state index is 13.1. The molecule has 0 spiro atoms. The Bertz CT molecular complexity index is 581. The molecule has 27 heavy (non-hydrogen) atoms. The molecule has 1 aliphatic heterocycles. The number of hydrogen-bond acceptors (Lipinski definition) is 4. The molecule has 0 radical (unpaired) electrons. The Hall–Kier alpha value is -0.450. The van der Waals surface area contributed by atoms with Crippen LogP contribution in [0, 0.1) is 34.5 Å². The third-order valence-corrected chi connectivity index (χ3v) is 9.25. The molecule has 0 aromatic heterocycles. The smallest absolute Gasteiger partial charge is 0.165 e. The summed E-state index contributed by atoms with van der Waals surface area (Å²) in [5.41, 5.74) is 0.00572. The molecule has 3 saturated carbocycles. The third-order valence-electron chi connectivity index (χ3n) is 9.25. The molecule has 1 heterocycles. The Morgan fingerprint density at radius 3 is 2.41 bits per heavy atom. The zero-order valence-corrected chi connectivity index (χ0v) is 17.6. The van der Waals surface area contributed by atoms with Crippen LogP contribution in [0.3, 0.4) is 0 Å². The fourth-order valence-electron chi connectivity index (χ4n) is 7.62. The highest BCUT2D eigenvalue weighted by Crippen LogP contribution is 2.65. The number of carbonyl (C=O) groups excluding carboxylic acids is 1. The van der Waals surface area contributed by atoms with Crippen LogP contribution < -0.4 is 0 Å². The molecule has 4 aliphatic rings. The second kappa shape index (κ2) is 6.81. The fraction of sp³-hybridized carbons (Fsp3) is 0.957. The summed E-state index contributed by atoms with van der Waals surface area (Å²) >= 11 is 0. The lowest BCUT2D eigenvalue weighted by atomic mass is 9.48. The summed E-state index contributed by atoms with van der Waals surface area (Å²) < 4.78 is 11.6. The van der Waals surface area contributed by atoms with Crippen LogP contribution in [0.15, 0.2) is 0 Å². The minimum atomic E-state index is -0.510. The second-order valence-electron chi connectivity index (χ2n) is 10.6. The van der Waals surface area contributed by atoms with Crippen LogP contribution in [0.25, 0.3) is 0 Å². The Kier molecular flexibility index (Phi) is 5.01. The van der Waals surface area contributed by atoms with Gasteiger partial charge in [0.2, 0.25) is 0 Å². The van der Waals surface area contributed by atoms with Crippen molar-refractivity contribution in [1.82, 2.24) is 0 Å². The Balaban J connectivity index is 1.54. The number of hydrogen-bond donors (Lipinski definition) is 1. The summed E-state index contributed by atoms with van der Waals surface area (Å²) in [4.78, 5) is 13.1. The van der Waals surface area contributed by atoms with Crippen molar-refractivity contribution in [3.63, 3.8) is 0 Å². The average molecular weight is 379 g/mol. The summed E-state index contributed by atoms with van der Waals surface area (Å²) in [5, 5.41) is 10.3. The van der Waals surface area contributed by atoms with E-state index < -0.39 is 5.79 Å². The van der Waals surface area contributed by atoms with Gasteiger partial charge < -0.3 is 14.6 Å². The first-order valence-electron chi connectivity index (χ1n) is 11.2. The molecule has 1 saturated heterocycles. The highest BCUT2D eigenvalue weighted by atomic mass is 16.7. The molecule has 4 unspecified atom stereocenters. The molecular formula is C23H38O4. The van der Waals surface area contributed by atoms with Gasteiger partial charge in [-0.15, -0.1) is 0 Å². The van der Waals surface area contributed by atoms with Gasteiger partial charge in [0.1, 0.15) is 5.78 Å². The molecular weight excluding hydrogens is 340 g/mol. The summed E-state index contributed by atoms with van der Waals surface area (Å²) in [6, 6.07) is 0. The van der Waals surface area contributed by atoms with Gasteiger partial charge in [-0.3, -0.25) is 4.79 Å². The Morgan fingerprint density at radius 1 is 1.04 bits per heavy atom. The molecule has 4 nitrogen and oxygen atoms in total. The maximum absolute atomic E-state index is 13.1. The lowest BCUT2D eigenvalue weighted by molar-refractivity contribution is -0.165. The highest BCUT2D eigenvalue weighted by Gasteiger charge is 2.60. The van der Waals surface area contributed by atoms with Crippen molar-refractivity contribution < 1.29 is 19.4 Å². The van der Waals surface area contributed by atoms with Crippen molar-refractivity contribution in [3.8, 4) is 0 Å². The maximum Gasteiger partial charge on any atom is 0.165 e. The van der Waals surface area contributed by atoms with Crippen LogP contribution >= 0.6 is 0 Å². The van der Waals surface area contributed by atoms with Crippen LogP contribution in [-0.2, 0) is 14.3 Å². The van der Waals surface area contributed by atoms with Crippen molar-refractivity contribution >= 4 is 5.78 Å². The number of aliphatic hydroxyl groups is 1. The van der Waals surface area contributed by atoms with Gasteiger partial charge in [0.05, 0.1) is 19.3 Å². The largest absolute Gasteiger partial charge is 0.393 e. The van der Waals surface area contributed by atoms with E-state index in [0.717, 1.165) is 44.9 Å². The summed E-state index contributed by atoms with van der Waals surface area (Å²) in [6.45, 7) is 9.97. The van der Waals surface area contributed by atoms with Crippen LogP contribution in [0.1, 0.15) is 79.1 Å². The fourth-order valence-corrected chi connectivity index (χ4v) is 7.62. The van der Waals surface area contributed by atoms with Gasteiger partial charge in [-0.2, -0.15) is 0 Å². The molecule has 0 aromatic rings. The monoisotopic (exact) mass is 378 g/mol. The number of rotatable bonds is 4. The summed E-state index contributed by atoms with van der Waals surface area (Å²) in [5.74, 6) is 2.15. The summed E-state index contributed by atoms with van der Waals surface area (Å²) in [6.07, 6.45) is 7.88. The van der Waals surface area contributed by atoms with Crippen molar-refractivity contribution in [2.75, 3.05) is 13.2 Å². The topological polar surface area (TPSA) is 55.8 Å². The van der Waals surface area contributed by atoms with E-state index in [1.54, 1.807) is 0 Å². The van der Waals surface area contributed by atoms with Crippen molar-refractivity contribution in [2.24, 2.45) is 34.5 Å². The standard InChI is InChI=1S/C23H38O4/c1-15(24)17-6-7-18-16-5-8-20(25)22(3,19(16)9-10-21(17,18)2)11-12-23(4)26-13-14-27-23/h15-19,24H,5-14H2,1-4H3/t15?,16?,17-,18?,19?,21-,22-/m0/s1. The predicted molar refractivity (Wildman–Crippen MR) is 104 cm³/mol. The normalized spacial score (nSPS) is 47.5. The molecule has 3 aliphatic carbocycles. The van der Waals surface area contributed by atoms with Gasteiger partial charge in [-0.1, -0.05) is 13.8 Å². The van der Waals surface area contributed by atoms with E-state index in [4.69, 9.17) is 9.47 Å². The van der Waals surface area contributed by atoms with Crippen LogP contribution in [0.5, 0.6) is 0 Å². The van der Waals surface area contributed by atoms with Crippen molar-refractivity contribution in [3.05, 3.63) is 0 Å². The molecule has 0 amide bonds. The Labute approximate surface area is 164 Å². The number of carbonyl (C=O) groups is 1. The SMILES string of the molecule is CC(O)[C@@H]1CCC2C3CCC(=O)[C@@](C)(CCC4(C)OCCO4)C3CC[C@]21C.